The van der Waals surface area contributed by atoms with Crippen molar-refractivity contribution in [1.29, 1.82) is 0 Å². The van der Waals surface area contributed by atoms with Gasteiger partial charge in [0.25, 0.3) is 0 Å². The fourth-order valence-electron chi connectivity index (χ4n) is 3.55. The minimum atomic E-state index is -0.498. The summed E-state index contributed by atoms with van der Waals surface area (Å²) in [5.41, 5.74) is 2.32. The topological polar surface area (TPSA) is 27.7 Å². The van der Waals surface area contributed by atoms with Gasteiger partial charge in [-0.25, -0.2) is 0 Å². The van der Waals surface area contributed by atoms with Gasteiger partial charge in [0, 0.05) is 26.1 Å². The number of benzene rings is 1. The van der Waals surface area contributed by atoms with E-state index in [0.717, 1.165) is 50.9 Å². The van der Waals surface area contributed by atoms with Crippen LogP contribution in [-0.2, 0) is 20.8 Å². The molecule has 3 nitrogen and oxygen atoms in total. The molecule has 0 aliphatic carbocycles. The number of hydrogen-bond acceptors (Lipinski definition) is 3. The van der Waals surface area contributed by atoms with Gasteiger partial charge in [0.2, 0.25) is 0 Å². The van der Waals surface area contributed by atoms with Crippen molar-refractivity contribution in [2.75, 3.05) is 19.8 Å². The molecular weight excluding hydrogens is 372 g/mol. The van der Waals surface area contributed by atoms with Crippen LogP contribution in [0.25, 0.3) is 6.08 Å². The normalized spacial score (nSPS) is 11.7. The molecule has 0 atom stereocenters. The highest BCUT2D eigenvalue weighted by atomic mass is 16.7. The fourth-order valence-corrected chi connectivity index (χ4v) is 3.55. The van der Waals surface area contributed by atoms with Gasteiger partial charge in [-0.15, -0.1) is 0 Å². The fraction of sp³-hybridized carbons (Fsp3) is 0.704. The lowest BCUT2D eigenvalue weighted by Gasteiger charge is -2.34. The van der Waals surface area contributed by atoms with Crippen LogP contribution in [0.1, 0.15) is 103 Å². The number of hydrogen-bond donors (Lipinski definition) is 0. The van der Waals surface area contributed by atoms with E-state index in [1.165, 1.54) is 44.1 Å². The summed E-state index contributed by atoms with van der Waals surface area (Å²) >= 11 is 0. The van der Waals surface area contributed by atoms with Gasteiger partial charge in [-0.2, -0.15) is 0 Å². The highest BCUT2D eigenvalue weighted by Crippen LogP contribution is 2.27. The Kier molecular flexibility index (Phi) is 15.7. The SMILES string of the molecule is C=Cc1ccc(COCCC(CCCCCCCCC)(OCCC)OCCC)cc1. The van der Waals surface area contributed by atoms with Crippen LogP contribution < -0.4 is 0 Å². The first-order valence-electron chi connectivity index (χ1n) is 12.3. The summed E-state index contributed by atoms with van der Waals surface area (Å²) in [5, 5.41) is 0. The minimum absolute atomic E-state index is 0.498. The lowest BCUT2D eigenvalue weighted by Crippen LogP contribution is -2.38. The van der Waals surface area contributed by atoms with E-state index in [1.807, 2.05) is 6.08 Å². The minimum Gasteiger partial charge on any atom is -0.377 e. The summed E-state index contributed by atoms with van der Waals surface area (Å²) in [5.74, 6) is -0.498. The first-order valence-corrected chi connectivity index (χ1v) is 12.3. The highest BCUT2D eigenvalue weighted by Gasteiger charge is 2.31. The Morgan fingerprint density at radius 3 is 1.90 bits per heavy atom. The van der Waals surface area contributed by atoms with E-state index < -0.39 is 5.79 Å². The zero-order chi connectivity index (χ0) is 21.9. The molecule has 0 unspecified atom stereocenters. The smallest absolute Gasteiger partial charge is 0.170 e. The maximum absolute atomic E-state index is 6.30. The lowest BCUT2D eigenvalue weighted by atomic mass is 10.0. The van der Waals surface area contributed by atoms with E-state index in [9.17, 15) is 0 Å². The van der Waals surface area contributed by atoms with Crippen LogP contribution in [0.2, 0.25) is 0 Å². The van der Waals surface area contributed by atoms with Crippen molar-refractivity contribution in [1.82, 2.24) is 0 Å². The van der Waals surface area contributed by atoms with Crippen molar-refractivity contribution in [3.63, 3.8) is 0 Å². The summed E-state index contributed by atoms with van der Waals surface area (Å²) in [6.07, 6.45) is 14.7. The molecule has 0 fully saturated rings. The molecule has 172 valence electrons. The summed E-state index contributed by atoms with van der Waals surface area (Å²) in [4.78, 5) is 0. The molecule has 0 aromatic heterocycles. The Hall–Kier alpha value is -1.16. The van der Waals surface area contributed by atoms with E-state index >= 15 is 0 Å². The Labute approximate surface area is 186 Å². The van der Waals surface area contributed by atoms with Gasteiger partial charge in [-0.3, -0.25) is 0 Å². The second-order valence-corrected chi connectivity index (χ2v) is 8.23. The van der Waals surface area contributed by atoms with E-state index in [1.54, 1.807) is 0 Å². The summed E-state index contributed by atoms with van der Waals surface area (Å²) in [6.45, 7) is 13.1. The molecule has 1 aromatic rings. The van der Waals surface area contributed by atoms with Gasteiger partial charge >= 0.3 is 0 Å². The molecule has 0 bridgehead atoms. The van der Waals surface area contributed by atoms with Gasteiger partial charge in [0.05, 0.1) is 13.2 Å². The van der Waals surface area contributed by atoms with Crippen molar-refractivity contribution in [3.05, 3.63) is 42.0 Å². The van der Waals surface area contributed by atoms with Crippen LogP contribution in [0, 0.1) is 0 Å². The average molecular weight is 419 g/mol. The van der Waals surface area contributed by atoms with Crippen LogP contribution in [0.5, 0.6) is 0 Å². The summed E-state index contributed by atoms with van der Waals surface area (Å²) in [6, 6.07) is 8.35. The molecule has 30 heavy (non-hydrogen) atoms. The van der Waals surface area contributed by atoms with E-state index in [4.69, 9.17) is 14.2 Å². The predicted molar refractivity (Wildman–Crippen MR) is 129 cm³/mol. The molecule has 1 aromatic carbocycles. The van der Waals surface area contributed by atoms with E-state index in [-0.39, 0.29) is 0 Å². The van der Waals surface area contributed by atoms with Crippen LogP contribution in [-0.4, -0.2) is 25.6 Å². The molecule has 1 rings (SSSR count). The molecule has 0 heterocycles. The molecule has 0 saturated carbocycles. The lowest BCUT2D eigenvalue weighted by molar-refractivity contribution is -0.250. The van der Waals surface area contributed by atoms with E-state index in [0.29, 0.717) is 13.2 Å². The molecule has 0 N–H and O–H groups in total. The molecule has 0 amide bonds. The number of unbranched alkanes of at least 4 members (excludes halogenated alkanes) is 6. The number of rotatable bonds is 20. The highest BCUT2D eigenvalue weighted by molar-refractivity contribution is 5.47. The molecule has 0 radical (unpaired) electrons. The monoisotopic (exact) mass is 418 g/mol. The quantitative estimate of drug-likeness (QED) is 0.159. The van der Waals surface area contributed by atoms with Crippen molar-refractivity contribution in [2.45, 2.75) is 104 Å². The zero-order valence-corrected chi connectivity index (χ0v) is 19.9. The Morgan fingerprint density at radius 2 is 1.33 bits per heavy atom. The van der Waals surface area contributed by atoms with Gasteiger partial charge in [0.1, 0.15) is 0 Å². The van der Waals surface area contributed by atoms with Gasteiger partial charge < -0.3 is 14.2 Å². The van der Waals surface area contributed by atoms with Crippen LogP contribution in [0.4, 0.5) is 0 Å². The third kappa shape index (κ3) is 11.9. The van der Waals surface area contributed by atoms with Crippen molar-refractivity contribution in [2.24, 2.45) is 0 Å². The Balaban J connectivity index is 2.50. The number of ether oxygens (including phenoxy) is 3. The van der Waals surface area contributed by atoms with Gasteiger partial charge in [-0.05, 0) is 30.4 Å². The van der Waals surface area contributed by atoms with Crippen molar-refractivity contribution < 1.29 is 14.2 Å². The molecule has 0 aliphatic heterocycles. The Morgan fingerprint density at radius 1 is 0.733 bits per heavy atom. The molecule has 0 spiro atoms. The summed E-state index contributed by atoms with van der Waals surface area (Å²) in [7, 11) is 0. The van der Waals surface area contributed by atoms with Gasteiger partial charge in [0.15, 0.2) is 5.79 Å². The third-order valence-corrected chi connectivity index (χ3v) is 5.41. The first-order chi connectivity index (χ1) is 14.7. The van der Waals surface area contributed by atoms with Crippen LogP contribution in [0.15, 0.2) is 30.8 Å². The molecule has 3 heteroatoms. The Bertz CT molecular complexity index is 515. The maximum atomic E-state index is 6.30. The first kappa shape index (κ1) is 26.9. The second kappa shape index (κ2) is 17.5. The van der Waals surface area contributed by atoms with Crippen LogP contribution in [0.3, 0.4) is 0 Å². The van der Waals surface area contributed by atoms with Crippen molar-refractivity contribution in [3.8, 4) is 0 Å². The van der Waals surface area contributed by atoms with Crippen molar-refractivity contribution >= 4 is 6.08 Å². The standard InChI is InChI=1S/C27H46O3/c1-5-9-10-11-12-13-14-19-27(29-21-6-2,30-22-7-3)20-23-28-24-26-17-15-25(8-4)16-18-26/h8,15-18H,4-7,9-14,19-24H2,1-3H3. The predicted octanol–water partition coefficient (Wildman–Crippen LogP) is 7.93. The summed E-state index contributed by atoms with van der Waals surface area (Å²) < 4.78 is 18.6. The zero-order valence-electron chi connectivity index (χ0n) is 19.9. The molecular formula is C27H46O3. The largest absolute Gasteiger partial charge is 0.377 e. The van der Waals surface area contributed by atoms with Crippen LogP contribution >= 0.6 is 0 Å². The third-order valence-electron chi connectivity index (χ3n) is 5.41. The molecule has 0 aliphatic rings. The second-order valence-electron chi connectivity index (χ2n) is 8.23. The van der Waals surface area contributed by atoms with Gasteiger partial charge in [-0.1, -0.05) is 96.2 Å². The molecule has 0 saturated heterocycles. The maximum Gasteiger partial charge on any atom is 0.170 e. The average Bonchev–Trinajstić information content (AvgIpc) is 2.78. The van der Waals surface area contributed by atoms with E-state index in [2.05, 4.69) is 51.6 Å².